The fourth-order valence-corrected chi connectivity index (χ4v) is 4.90. The molecule has 0 amide bonds. The van der Waals surface area contributed by atoms with E-state index >= 15 is 0 Å². The van der Waals surface area contributed by atoms with Crippen LogP contribution in [0.25, 0.3) is 0 Å². The summed E-state index contributed by atoms with van der Waals surface area (Å²) in [4.78, 5) is 13.5. The third kappa shape index (κ3) is 2.86. The minimum atomic E-state index is -0.655. The lowest BCUT2D eigenvalue weighted by Crippen LogP contribution is -2.53. The monoisotopic (exact) mass is 281 g/mol. The van der Waals surface area contributed by atoms with Crippen LogP contribution in [0.15, 0.2) is 0 Å². The molecule has 0 spiro atoms. The summed E-state index contributed by atoms with van der Waals surface area (Å²) in [5.41, 5.74) is 0. The standard InChI is InChI=1S/C16H27NO3/c18-15-5-3-1-2-4-14(15)17-12-6-7-13(17)9-11(8-12)10-16(19)20/h11-15,18H,1-10H2,(H,19,20). The molecule has 4 nitrogen and oxygen atoms in total. The van der Waals surface area contributed by atoms with Crippen LogP contribution in [-0.4, -0.2) is 45.3 Å². The van der Waals surface area contributed by atoms with Gasteiger partial charge >= 0.3 is 5.97 Å². The third-order valence-electron chi connectivity index (χ3n) is 5.68. The maximum absolute atomic E-state index is 10.9. The molecule has 20 heavy (non-hydrogen) atoms. The highest BCUT2D eigenvalue weighted by molar-refractivity contribution is 5.67. The van der Waals surface area contributed by atoms with Crippen LogP contribution in [0.5, 0.6) is 0 Å². The summed E-state index contributed by atoms with van der Waals surface area (Å²) >= 11 is 0. The highest BCUT2D eigenvalue weighted by atomic mass is 16.4. The van der Waals surface area contributed by atoms with Crippen LogP contribution in [0.4, 0.5) is 0 Å². The van der Waals surface area contributed by atoms with Gasteiger partial charge in [0.2, 0.25) is 0 Å². The second kappa shape index (κ2) is 6.02. The van der Waals surface area contributed by atoms with Crippen molar-refractivity contribution in [3.63, 3.8) is 0 Å². The van der Waals surface area contributed by atoms with Crippen LogP contribution >= 0.6 is 0 Å². The van der Waals surface area contributed by atoms with E-state index in [-0.39, 0.29) is 6.10 Å². The Labute approximate surface area is 121 Å². The molecule has 2 heterocycles. The molecule has 3 rings (SSSR count). The zero-order valence-corrected chi connectivity index (χ0v) is 12.2. The van der Waals surface area contributed by atoms with Crippen molar-refractivity contribution in [1.29, 1.82) is 0 Å². The summed E-state index contributed by atoms with van der Waals surface area (Å²) in [6, 6.07) is 1.38. The predicted molar refractivity (Wildman–Crippen MR) is 76.5 cm³/mol. The van der Waals surface area contributed by atoms with Gasteiger partial charge in [0.15, 0.2) is 0 Å². The molecule has 3 fully saturated rings. The van der Waals surface area contributed by atoms with E-state index in [1.807, 2.05) is 0 Å². The Morgan fingerprint density at radius 3 is 2.30 bits per heavy atom. The van der Waals surface area contributed by atoms with E-state index in [2.05, 4.69) is 4.90 Å². The Hall–Kier alpha value is -0.610. The fraction of sp³-hybridized carbons (Fsp3) is 0.938. The van der Waals surface area contributed by atoms with Gasteiger partial charge in [0.25, 0.3) is 0 Å². The zero-order chi connectivity index (χ0) is 14.1. The summed E-state index contributed by atoms with van der Waals surface area (Å²) in [5.74, 6) is -0.304. The second-order valence-corrected chi connectivity index (χ2v) is 7.04. The number of hydrogen-bond acceptors (Lipinski definition) is 3. The van der Waals surface area contributed by atoms with E-state index in [0.717, 1.165) is 32.1 Å². The normalized spacial score (nSPS) is 42.4. The number of aliphatic hydroxyl groups is 1. The second-order valence-electron chi connectivity index (χ2n) is 7.04. The Balaban J connectivity index is 1.68. The summed E-state index contributed by atoms with van der Waals surface area (Å²) in [5, 5.41) is 19.4. The largest absolute Gasteiger partial charge is 0.481 e. The van der Waals surface area contributed by atoms with E-state index in [1.165, 1.54) is 25.7 Å². The van der Waals surface area contributed by atoms with Crippen molar-refractivity contribution in [1.82, 2.24) is 4.90 Å². The van der Waals surface area contributed by atoms with E-state index in [1.54, 1.807) is 0 Å². The van der Waals surface area contributed by atoms with Crippen molar-refractivity contribution >= 4 is 5.97 Å². The maximum Gasteiger partial charge on any atom is 0.303 e. The number of nitrogens with zero attached hydrogens (tertiary/aromatic N) is 1. The molecular formula is C16H27NO3. The van der Waals surface area contributed by atoms with Gasteiger partial charge in [-0.3, -0.25) is 9.69 Å². The van der Waals surface area contributed by atoms with Crippen LogP contribution < -0.4 is 0 Å². The summed E-state index contributed by atoms with van der Waals surface area (Å²) in [6.07, 6.45) is 10.3. The smallest absolute Gasteiger partial charge is 0.303 e. The predicted octanol–water partition coefficient (Wildman–Crippen LogP) is 2.40. The lowest BCUT2D eigenvalue weighted by atomic mass is 9.86. The first-order valence-electron chi connectivity index (χ1n) is 8.32. The molecule has 2 bridgehead atoms. The Bertz CT molecular complexity index is 346. The van der Waals surface area contributed by atoms with E-state index < -0.39 is 5.97 Å². The van der Waals surface area contributed by atoms with Crippen molar-refractivity contribution in [3.8, 4) is 0 Å². The molecule has 0 aromatic carbocycles. The molecule has 1 aliphatic carbocycles. The number of carbonyl (C=O) groups is 1. The summed E-state index contributed by atoms with van der Waals surface area (Å²) in [6.45, 7) is 0. The molecule has 2 saturated heterocycles. The molecule has 4 heteroatoms. The number of rotatable bonds is 3. The molecule has 4 atom stereocenters. The van der Waals surface area contributed by atoms with Gasteiger partial charge in [-0.1, -0.05) is 19.3 Å². The molecule has 2 aliphatic heterocycles. The highest BCUT2D eigenvalue weighted by Gasteiger charge is 2.45. The summed E-state index contributed by atoms with van der Waals surface area (Å²) in [7, 11) is 0. The number of carboxylic acid groups (broad SMARTS) is 1. The van der Waals surface area contributed by atoms with Gasteiger partial charge in [-0.2, -0.15) is 0 Å². The number of carboxylic acids is 1. The first-order chi connectivity index (χ1) is 9.65. The highest BCUT2D eigenvalue weighted by Crippen LogP contribution is 2.43. The molecule has 0 aromatic heterocycles. The quantitative estimate of drug-likeness (QED) is 0.780. The minimum absolute atomic E-state index is 0.170. The average molecular weight is 281 g/mol. The van der Waals surface area contributed by atoms with Crippen molar-refractivity contribution in [2.45, 2.75) is 88.4 Å². The first-order valence-corrected chi connectivity index (χ1v) is 8.32. The molecule has 0 aromatic rings. The third-order valence-corrected chi connectivity index (χ3v) is 5.68. The number of hydrogen-bond donors (Lipinski definition) is 2. The molecule has 114 valence electrons. The Morgan fingerprint density at radius 1 is 1.00 bits per heavy atom. The van der Waals surface area contributed by atoms with Crippen LogP contribution in [0.3, 0.4) is 0 Å². The lowest BCUT2D eigenvalue weighted by Gasteiger charge is -2.44. The topological polar surface area (TPSA) is 60.8 Å². The molecular weight excluding hydrogens is 254 g/mol. The maximum atomic E-state index is 10.9. The van der Waals surface area contributed by atoms with Gasteiger partial charge < -0.3 is 10.2 Å². The average Bonchev–Trinajstić information content (AvgIpc) is 2.57. The van der Waals surface area contributed by atoms with Crippen LogP contribution in [0.1, 0.15) is 64.2 Å². The van der Waals surface area contributed by atoms with Gasteiger partial charge in [-0.05, 0) is 44.4 Å². The van der Waals surface area contributed by atoms with Crippen LogP contribution in [0, 0.1) is 5.92 Å². The SMILES string of the molecule is O=C(O)CC1CC2CCC(C1)N2C1CCCCCC1O. The number of aliphatic hydroxyl groups excluding tert-OH is 1. The zero-order valence-electron chi connectivity index (χ0n) is 12.2. The number of aliphatic carboxylic acids is 1. The number of piperidine rings is 1. The van der Waals surface area contributed by atoms with Gasteiger partial charge in [0.05, 0.1) is 6.10 Å². The summed E-state index contributed by atoms with van der Waals surface area (Å²) < 4.78 is 0. The number of fused-ring (bicyclic) bond motifs is 2. The van der Waals surface area contributed by atoms with E-state index in [9.17, 15) is 9.90 Å². The fourth-order valence-electron chi connectivity index (χ4n) is 4.90. The van der Waals surface area contributed by atoms with Crippen molar-refractivity contribution < 1.29 is 15.0 Å². The van der Waals surface area contributed by atoms with Crippen molar-refractivity contribution in [2.75, 3.05) is 0 Å². The van der Waals surface area contributed by atoms with Crippen molar-refractivity contribution in [3.05, 3.63) is 0 Å². The molecule has 4 unspecified atom stereocenters. The lowest BCUT2D eigenvalue weighted by molar-refractivity contribution is -0.139. The van der Waals surface area contributed by atoms with Gasteiger partial charge in [-0.25, -0.2) is 0 Å². The van der Waals surface area contributed by atoms with Gasteiger partial charge in [0, 0.05) is 24.5 Å². The van der Waals surface area contributed by atoms with E-state index in [0.29, 0.717) is 30.5 Å². The molecule has 2 N–H and O–H groups in total. The van der Waals surface area contributed by atoms with E-state index in [4.69, 9.17) is 5.11 Å². The Morgan fingerprint density at radius 2 is 1.65 bits per heavy atom. The molecule has 3 aliphatic rings. The van der Waals surface area contributed by atoms with Gasteiger partial charge in [0.1, 0.15) is 0 Å². The first kappa shape index (κ1) is 14.3. The molecule has 0 radical (unpaired) electrons. The van der Waals surface area contributed by atoms with Crippen LogP contribution in [-0.2, 0) is 4.79 Å². The van der Waals surface area contributed by atoms with Gasteiger partial charge in [-0.15, -0.1) is 0 Å². The van der Waals surface area contributed by atoms with Crippen molar-refractivity contribution in [2.24, 2.45) is 5.92 Å². The van der Waals surface area contributed by atoms with Crippen LogP contribution in [0.2, 0.25) is 0 Å². The minimum Gasteiger partial charge on any atom is -0.481 e. The Kier molecular flexibility index (Phi) is 4.32. The molecule has 1 saturated carbocycles.